The Labute approximate surface area is 175 Å². The van der Waals surface area contributed by atoms with E-state index in [0.29, 0.717) is 23.4 Å². The fourth-order valence-corrected chi connectivity index (χ4v) is 5.33. The van der Waals surface area contributed by atoms with Crippen molar-refractivity contribution in [3.63, 3.8) is 0 Å². The van der Waals surface area contributed by atoms with Crippen LogP contribution in [0.3, 0.4) is 0 Å². The molecule has 2 aromatic carbocycles. The molecule has 0 aromatic heterocycles. The first-order valence-corrected chi connectivity index (χ1v) is 11.7. The first kappa shape index (κ1) is 21.6. The van der Waals surface area contributed by atoms with Gasteiger partial charge in [-0.25, -0.2) is 12.8 Å². The summed E-state index contributed by atoms with van der Waals surface area (Å²) in [7, 11) is -3.20. The molecule has 2 atom stereocenters. The van der Waals surface area contributed by atoms with Crippen LogP contribution in [0, 0.1) is 5.82 Å². The van der Waals surface area contributed by atoms with Gasteiger partial charge in [-0.2, -0.15) is 0 Å². The molecule has 0 aliphatic carbocycles. The van der Waals surface area contributed by atoms with E-state index in [1.165, 1.54) is 23.1 Å². The Hall–Kier alpha value is -2.12. The average molecular weight is 440 g/mol. The van der Waals surface area contributed by atoms with Crippen molar-refractivity contribution in [2.75, 3.05) is 11.5 Å². The highest BCUT2D eigenvalue weighted by Crippen LogP contribution is 2.26. The molecule has 5 nitrogen and oxygen atoms in total. The summed E-state index contributed by atoms with van der Waals surface area (Å²) in [4.78, 5) is 14.9. The number of benzene rings is 2. The number of hydrogen-bond acceptors (Lipinski definition) is 4. The summed E-state index contributed by atoms with van der Waals surface area (Å²) < 4.78 is 43.7. The van der Waals surface area contributed by atoms with Gasteiger partial charge in [0.05, 0.1) is 11.5 Å². The Morgan fingerprint density at radius 2 is 1.93 bits per heavy atom. The van der Waals surface area contributed by atoms with Gasteiger partial charge >= 0.3 is 0 Å². The molecule has 2 aromatic rings. The van der Waals surface area contributed by atoms with E-state index in [0.717, 1.165) is 0 Å². The highest BCUT2D eigenvalue weighted by atomic mass is 35.5. The van der Waals surface area contributed by atoms with Crippen molar-refractivity contribution in [1.29, 1.82) is 0 Å². The van der Waals surface area contributed by atoms with Crippen LogP contribution in [0.25, 0.3) is 0 Å². The number of nitrogens with zero attached hydrogens (tertiary/aromatic N) is 1. The second-order valence-corrected chi connectivity index (χ2v) is 9.70. The fourth-order valence-electron chi connectivity index (χ4n) is 3.41. The van der Waals surface area contributed by atoms with E-state index in [1.54, 1.807) is 31.2 Å². The van der Waals surface area contributed by atoms with E-state index in [-0.39, 0.29) is 29.7 Å². The number of ether oxygens (including phenoxy) is 1. The van der Waals surface area contributed by atoms with Crippen molar-refractivity contribution >= 4 is 27.3 Å². The second-order valence-electron chi connectivity index (χ2n) is 7.06. The molecule has 29 heavy (non-hydrogen) atoms. The predicted molar refractivity (Wildman–Crippen MR) is 110 cm³/mol. The maximum absolute atomic E-state index is 14.0. The van der Waals surface area contributed by atoms with E-state index in [1.807, 2.05) is 6.07 Å². The van der Waals surface area contributed by atoms with E-state index in [9.17, 15) is 17.6 Å². The van der Waals surface area contributed by atoms with Crippen molar-refractivity contribution < 1.29 is 22.3 Å². The van der Waals surface area contributed by atoms with Crippen molar-refractivity contribution in [3.05, 3.63) is 64.9 Å². The topological polar surface area (TPSA) is 63.7 Å². The third-order valence-electron chi connectivity index (χ3n) is 4.98. The number of rotatable bonds is 7. The van der Waals surface area contributed by atoms with Crippen LogP contribution in [0.4, 0.5) is 4.39 Å². The van der Waals surface area contributed by atoms with Gasteiger partial charge in [0.2, 0.25) is 0 Å². The fraction of sp³-hybridized carbons (Fsp3) is 0.381. The summed E-state index contributed by atoms with van der Waals surface area (Å²) in [5, 5.41) is 0.495. The molecule has 0 bridgehead atoms. The number of amides is 1. The highest BCUT2D eigenvalue weighted by molar-refractivity contribution is 7.91. The average Bonchev–Trinajstić information content (AvgIpc) is 3.05. The zero-order valence-electron chi connectivity index (χ0n) is 16.1. The molecule has 1 fully saturated rings. The minimum atomic E-state index is -3.20. The molecule has 0 saturated carbocycles. The Bertz CT molecular complexity index is 982. The normalized spacial score (nSPS) is 18.9. The van der Waals surface area contributed by atoms with Gasteiger partial charge in [0.25, 0.3) is 5.91 Å². The Morgan fingerprint density at radius 1 is 1.24 bits per heavy atom. The zero-order chi connectivity index (χ0) is 21.0. The third-order valence-corrected chi connectivity index (χ3v) is 7.10. The first-order chi connectivity index (χ1) is 13.8. The van der Waals surface area contributed by atoms with Crippen molar-refractivity contribution in [1.82, 2.24) is 4.90 Å². The zero-order valence-corrected chi connectivity index (χ0v) is 17.6. The Kier molecular flexibility index (Phi) is 6.80. The molecule has 0 N–H and O–H groups in total. The summed E-state index contributed by atoms with van der Waals surface area (Å²) in [6, 6.07) is 12.5. The summed E-state index contributed by atoms with van der Waals surface area (Å²) in [6.45, 7) is 1.93. The monoisotopic (exact) mass is 439 g/mol. The molecular weight excluding hydrogens is 417 g/mol. The van der Waals surface area contributed by atoms with Crippen LogP contribution in [0.15, 0.2) is 48.5 Å². The van der Waals surface area contributed by atoms with E-state index in [4.69, 9.17) is 16.3 Å². The number of hydrogen-bond donors (Lipinski definition) is 0. The lowest BCUT2D eigenvalue weighted by atomic mass is 10.1. The Balaban J connectivity index is 1.88. The largest absolute Gasteiger partial charge is 0.478 e. The van der Waals surface area contributed by atoms with Crippen molar-refractivity contribution in [2.45, 2.75) is 38.5 Å². The molecule has 0 spiro atoms. The van der Waals surface area contributed by atoms with Gasteiger partial charge in [0.15, 0.2) is 27.5 Å². The maximum Gasteiger partial charge on any atom is 0.264 e. The van der Waals surface area contributed by atoms with Crippen LogP contribution in [0.2, 0.25) is 5.02 Å². The molecule has 156 valence electrons. The van der Waals surface area contributed by atoms with E-state index < -0.39 is 27.8 Å². The smallest absolute Gasteiger partial charge is 0.264 e. The molecule has 3 rings (SSSR count). The standard InChI is InChI=1S/C21H23ClFNO4S/c1-2-19(28-20-10-6-5-9-18(20)23)21(25)24(16-11-12-29(26,27)14-16)13-15-7-3-4-8-17(15)22/h3-10,16,19H,2,11-14H2,1H3/t16-,19+/m0/s1. The first-order valence-electron chi connectivity index (χ1n) is 9.46. The molecule has 1 aliphatic rings. The van der Waals surface area contributed by atoms with Gasteiger partial charge in [-0.15, -0.1) is 0 Å². The van der Waals surface area contributed by atoms with Gasteiger partial charge < -0.3 is 9.64 Å². The predicted octanol–water partition coefficient (Wildman–Crippen LogP) is 3.85. The maximum atomic E-state index is 14.0. The second kappa shape index (κ2) is 9.13. The van der Waals surface area contributed by atoms with Gasteiger partial charge in [0, 0.05) is 17.6 Å². The van der Waals surface area contributed by atoms with Crippen molar-refractivity contribution in [3.8, 4) is 5.75 Å². The van der Waals surface area contributed by atoms with Crippen LogP contribution in [-0.4, -0.2) is 42.9 Å². The quantitative estimate of drug-likeness (QED) is 0.657. The van der Waals surface area contributed by atoms with Crippen molar-refractivity contribution in [2.24, 2.45) is 0 Å². The van der Waals surface area contributed by atoms with Crippen LogP contribution < -0.4 is 4.74 Å². The molecule has 1 heterocycles. The number of carbonyl (C=O) groups is 1. The lowest BCUT2D eigenvalue weighted by Gasteiger charge is -2.32. The minimum Gasteiger partial charge on any atom is -0.478 e. The Morgan fingerprint density at radius 3 is 2.55 bits per heavy atom. The summed E-state index contributed by atoms with van der Waals surface area (Å²) in [5.74, 6) is -1.00. The van der Waals surface area contributed by atoms with Gasteiger partial charge in [-0.05, 0) is 36.6 Å². The van der Waals surface area contributed by atoms with Crippen LogP contribution in [-0.2, 0) is 21.2 Å². The summed E-state index contributed by atoms with van der Waals surface area (Å²) in [6.07, 6.45) is -0.266. The van der Waals surface area contributed by atoms with Crippen LogP contribution >= 0.6 is 11.6 Å². The number of para-hydroxylation sites is 1. The SMILES string of the molecule is CC[C@@H](Oc1ccccc1F)C(=O)N(Cc1ccccc1Cl)[C@H]1CCS(=O)(=O)C1. The molecule has 1 aliphatic heterocycles. The minimum absolute atomic E-state index is 0.00978. The third kappa shape index (κ3) is 5.28. The molecule has 0 unspecified atom stereocenters. The van der Waals surface area contributed by atoms with Gasteiger partial charge in [0.1, 0.15) is 0 Å². The van der Waals surface area contributed by atoms with Crippen LogP contribution in [0.5, 0.6) is 5.75 Å². The molecule has 1 amide bonds. The van der Waals surface area contributed by atoms with Gasteiger partial charge in [-0.1, -0.05) is 48.9 Å². The lowest BCUT2D eigenvalue weighted by Crippen LogP contribution is -2.47. The summed E-state index contributed by atoms with van der Waals surface area (Å²) >= 11 is 6.26. The van der Waals surface area contributed by atoms with Crippen LogP contribution in [0.1, 0.15) is 25.3 Å². The highest BCUT2D eigenvalue weighted by Gasteiger charge is 2.37. The molecular formula is C21H23ClFNO4S. The van der Waals surface area contributed by atoms with E-state index >= 15 is 0 Å². The number of halogens is 2. The van der Waals surface area contributed by atoms with Gasteiger partial charge in [-0.3, -0.25) is 4.79 Å². The molecule has 0 radical (unpaired) electrons. The summed E-state index contributed by atoms with van der Waals surface area (Å²) in [5.41, 5.74) is 0.715. The molecule has 1 saturated heterocycles. The number of sulfone groups is 1. The van der Waals surface area contributed by atoms with E-state index in [2.05, 4.69) is 0 Å². The molecule has 8 heteroatoms. The number of carbonyl (C=O) groups excluding carboxylic acids is 1. The lowest BCUT2D eigenvalue weighted by molar-refractivity contribution is -0.141.